The van der Waals surface area contributed by atoms with Crippen molar-refractivity contribution in [2.24, 2.45) is 0 Å². The number of anilines is 3. The smallest absolute Gasteiger partial charge is 0.227 e. The highest BCUT2D eigenvalue weighted by atomic mass is 32.1. The van der Waals surface area contributed by atoms with Crippen LogP contribution in [0.2, 0.25) is 0 Å². The Morgan fingerprint density at radius 1 is 0.481 bits per heavy atom. The van der Waals surface area contributed by atoms with Gasteiger partial charge in [-0.05, 0) is 88.6 Å². The van der Waals surface area contributed by atoms with E-state index in [2.05, 4.69) is 132 Å². The topological polar surface area (TPSA) is 42.4 Å². The van der Waals surface area contributed by atoms with Crippen molar-refractivity contribution < 1.29 is 8.83 Å². The van der Waals surface area contributed by atoms with Crippen LogP contribution < -0.4 is 4.90 Å². The fourth-order valence-electron chi connectivity index (χ4n) is 7.68. The van der Waals surface area contributed by atoms with Gasteiger partial charge in [-0.25, -0.2) is 4.98 Å². The molecule has 5 heteroatoms. The van der Waals surface area contributed by atoms with Crippen molar-refractivity contribution in [1.82, 2.24) is 4.98 Å². The minimum absolute atomic E-state index is 0.595. The molecule has 0 spiro atoms. The predicted molar refractivity (Wildman–Crippen MR) is 217 cm³/mol. The number of para-hydroxylation sites is 1. The quantitative estimate of drug-likeness (QED) is 0.181. The van der Waals surface area contributed by atoms with E-state index in [-0.39, 0.29) is 0 Å². The summed E-state index contributed by atoms with van der Waals surface area (Å²) in [6.45, 7) is 0. The first-order valence-electron chi connectivity index (χ1n) is 17.4. The van der Waals surface area contributed by atoms with Crippen molar-refractivity contribution in [3.8, 4) is 22.6 Å². The van der Waals surface area contributed by atoms with Crippen molar-refractivity contribution >= 4 is 92.4 Å². The maximum atomic E-state index is 6.79. The molecule has 0 unspecified atom stereocenters. The molecule has 4 nitrogen and oxygen atoms in total. The third kappa shape index (κ3) is 4.50. The first kappa shape index (κ1) is 29.1. The summed E-state index contributed by atoms with van der Waals surface area (Å²) in [5, 5.41) is 6.88. The highest BCUT2D eigenvalue weighted by Crippen LogP contribution is 2.46. The molecule has 0 N–H and O–H groups in total. The number of aromatic nitrogens is 1. The summed E-state index contributed by atoms with van der Waals surface area (Å²) in [5.74, 6) is 0.595. The van der Waals surface area contributed by atoms with Crippen molar-refractivity contribution in [2.75, 3.05) is 4.90 Å². The second-order valence-corrected chi connectivity index (χ2v) is 14.2. The molecular weight excluding hydrogens is 657 g/mol. The van der Waals surface area contributed by atoms with Crippen LogP contribution in [0.15, 0.2) is 179 Å². The molecule has 0 saturated heterocycles. The van der Waals surface area contributed by atoms with Gasteiger partial charge < -0.3 is 13.7 Å². The SMILES string of the molecule is c1ccc(-c2nc3ccc4oc5c(N(c6ccc(-c7cccc8ccccc78)cc6)c6ccc7sc8ccccc8c7c6)cccc5c4c3o2)cc1. The lowest BCUT2D eigenvalue weighted by molar-refractivity contribution is 0.622. The van der Waals surface area contributed by atoms with E-state index in [9.17, 15) is 0 Å². The summed E-state index contributed by atoms with van der Waals surface area (Å²) < 4.78 is 15.8. The second kappa shape index (κ2) is 11.4. The van der Waals surface area contributed by atoms with Gasteiger partial charge in [-0.1, -0.05) is 103 Å². The molecule has 0 aliphatic rings. The van der Waals surface area contributed by atoms with Gasteiger partial charge in [0.05, 0.1) is 11.1 Å². The highest BCUT2D eigenvalue weighted by Gasteiger charge is 2.23. The minimum atomic E-state index is 0.595. The van der Waals surface area contributed by atoms with E-state index in [1.54, 1.807) is 0 Å². The van der Waals surface area contributed by atoms with Crippen LogP contribution in [0.25, 0.3) is 86.6 Å². The molecule has 11 rings (SSSR count). The number of oxazole rings is 1. The van der Waals surface area contributed by atoms with E-state index in [4.69, 9.17) is 13.8 Å². The Labute approximate surface area is 302 Å². The van der Waals surface area contributed by atoms with E-state index >= 15 is 0 Å². The van der Waals surface area contributed by atoms with Crippen molar-refractivity contribution in [2.45, 2.75) is 0 Å². The van der Waals surface area contributed by atoms with Gasteiger partial charge in [0.1, 0.15) is 11.1 Å². The normalized spacial score (nSPS) is 11.8. The van der Waals surface area contributed by atoms with Crippen LogP contribution in [-0.4, -0.2) is 4.98 Å². The lowest BCUT2D eigenvalue weighted by Gasteiger charge is -2.26. The Morgan fingerprint density at radius 2 is 1.21 bits per heavy atom. The number of furan rings is 1. The molecule has 3 heterocycles. The summed E-state index contributed by atoms with van der Waals surface area (Å²) >= 11 is 1.83. The first-order chi connectivity index (χ1) is 25.8. The van der Waals surface area contributed by atoms with Gasteiger partial charge in [0.15, 0.2) is 11.2 Å². The average Bonchev–Trinajstić information content (AvgIpc) is 3.92. The molecule has 0 saturated carbocycles. The predicted octanol–water partition coefficient (Wildman–Crippen LogP) is 14.1. The minimum Gasteiger partial charge on any atom is -0.454 e. The van der Waals surface area contributed by atoms with Crippen LogP contribution in [0.4, 0.5) is 17.1 Å². The summed E-state index contributed by atoms with van der Waals surface area (Å²) in [6, 6.07) is 59.8. The Bertz CT molecular complexity index is 3130. The molecule has 11 aromatic rings. The molecule has 0 radical (unpaired) electrons. The van der Waals surface area contributed by atoms with Gasteiger partial charge in [0, 0.05) is 42.5 Å². The van der Waals surface area contributed by atoms with Gasteiger partial charge in [-0.2, -0.15) is 0 Å². The number of fused-ring (bicyclic) bond motifs is 9. The fourth-order valence-corrected chi connectivity index (χ4v) is 8.77. The second-order valence-electron chi connectivity index (χ2n) is 13.1. The molecule has 8 aromatic carbocycles. The number of hydrogen-bond acceptors (Lipinski definition) is 5. The van der Waals surface area contributed by atoms with E-state index in [1.807, 2.05) is 53.8 Å². The largest absolute Gasteiger partial charge is 0.454 e. The molecule has 0 fully saturated rings. The molecule has 0 aliphatic heterocycles. The zero-order chi connectivity index (χ0) is 34.2. The maximum Gasteiger partial charge on any atom is 0.227 e. The maximum absolute atomic E-state index is 6.79. The van der Waals surface area contributed by atoms with Gasteiger partial charge in [0.25, 0.3) is 0 Å². The van der Waals surface area contributed by atoms with E-state index in [1.165, 1.54) is 42.1 Å². The van der Waals surface area contributed by atoms with Gasteiger partial charge in [-0.15, -0.1) is 11.3 Å². The Balaban J connectivity index is 1.13. The number of benzene rings is 8. The van der Waals surface area contributed by atoms with Gasteiger partial charge in [-0.3, -0.25) is 0 Å². The number of thiophene rings is 1. The van der Waals surface area contributed by atoms with Crippen molar-refractivity contribution in [3.05, 3.63) is 170 Å². The Kier molecular flexibility index (Phi) is 6.39. The van der Waals surface area contributed by atoms with Crippen LogP contribution in [0, 0.1) is 0 Å². The van der Waals surface area contributed by atoms with Crippen LogP contribution in [0.1, 0.15) is 0 Å². The van der Waals surface area contributed by atoms with Crippen LogP contribution in [0.5, 0.6) is 0 Å². The average molecular weight is 685 g/mol. The van der Waals surface area contributed by atoms with Gasteiger partial charge in [0.2, 0.25) is 5.89 Å². The monoisotopic (exact) mass is 684 g/mol. The third-order valence-corrected chi connectivity index (χ3v) is 11.3. The molecule has 52 heavy (non-hydrogen) atoms. The molecular formula is C47H28N2O2S. The molecule has 244 valence electrons. The summed E-state index contributed by atoms with van der Waals surface area (Å²) in [5.41, 5.74) is 9.43. The highest BCUT2D eigenvalue weighted by molar-refractivity contribution is 7.25. The molecule has 3 aromatic heterocycles. The summed E-state index contributed by atoms with van der Waals surface area (Å²) in [4.78, 5) is 7.17. The lowest BCUT2D eigenvalue weighted by atomic mass is 9.98. The van der Waals surface area contributed by atoms with Crippen LogP contribution in [-0.2, 0) is 0 Å². The summed E-state index contributed by atoms with van der Waals surface area (Å²) in [7, 11) is 0. The molecule has 0 bridgehead atoms. The molecule has 0 aliphatic carbocycles. The van der Waals surface area contributed by atoms with Crippen molar-refractivity contribution in [3.63, 3.8) is 0 Å². The Hall–Kier alpha value is -6.69. The van der Waals surface area contributed by atoms with E-state index < -0.39 is 0 Å². The zero-order valence-corrected chi connectivity index (χ0v) is 28.6. The van der Waals surface area contributed by atoms with E-state index in [0.29, 0.717) is 5.89 Å². The van der Waals surface area contributed by atoms with Gasteiger partial charge >= 0.3 is 0 Å². The standard InChI is InChI=1S/C47H28N2O2S/c1-2-11-31(12-3-1)47-48-39-25-26-41-44(46(39)51-47)37-17-9-18-40(45(37)50-41)49(33-24-27-43-38(28-33)36-15-6-7-19-42(36)52-43)32-22-20-30(21-23-32)35-16-8-13-29-10-4-5-14-34(29)35/h1-28H. The fraction of sp³-hybridized carbons (Fsp3) is 0. The molecule has 0 atom stereocenters. The van der Waals surface area contributed by atoms with Crippen LogP contribution >= 0.6 is 11.3 Å². The number of rotatable bonds is 5. The number of hydrogen-bond donors (Lipinski definition) is 0. The Morgan fingerprint density at radius 3 is 2.12 bits per heavy atom. The first-order valence-corrected chi connectivity index (χ1v) is 18.2. The summed E-state index contributed by atoms with van der Waals surface area (Å²) in [6.07, 6.45) is 0. The number of nitrogens with zero attached hydrogens (tertiary/aromatic N) is 2. The van der Waals surface area contributed by atoms with Crippen LogP contribution in [0.3, 0.4) is 0 Å². The van der Waals surface area contributed by atoms with Crippen molar-refractivity contribution in [1.29, 1.82) is 0 Å². The molecule has 0 amide bonds. The van der Waals surface area contributed by atoms with E-state index in [0.717, 1.165) is 55.7 Å². The lowest BCUT2D eigenvalue weighted by Crippen LogP contribution is -2.10. The third-order valence-electron chi connectivity index (χ3n) is 10.1. The zero-order valence-electron chi connectivity index (χ0n) is 27.8.